The zero-order valence-electron chi connectivity index (χ0n) is 6.35. The lowest BCUT2D eigenvalue weighted by atomic mass is 9.95. The maximum absolute atomic E-state index is 5.46. The van der Waals surface area contributed by atoms with Crippen molar-refractivity contribution in [3.63, 3.8) is 0 Å². The van der Waals surface area contributed by atoms with E-state index in [4.69, 9.17) is 13.3 Å². The third-order valence-corrected chi connectivity index (χ3v) is 4.05. The van der Waals surface area contributed by atoms with E-state index >= 15 is 0 Å². The molecule has 0 aromatic rings. The van der Waals surface area contributed by atoms with E-state index in [0.717, 1.165) is 19.8 Å². The van der Waals surface area contributed by atoms with Gasteiger partial charge in [-0.3, -0.25) is 0 Å². The molecule has 0 spiro atoms. The second-order valence-electron chi connectivity index (χ2n) is 3.54. The lowest BCUT2D eigenvalue weighted by molar-refractivity contribution is -0.123. The minimum atomic E-state index is -2.09. The van der Waals surface area contributed by atoms with Gasteiger partial charge in [0.1, 0.15) is 0 Å². The van der Waals surface area contributed by atoms with Gasteiger partial charge >= 0.3 is 8.80 Å². The molecule has 0 aromatic carbocycles. The van der Waals surface area contributed by atoms with E-state index in [1.807, 2.05) is 6.55 Å². The Morgan fingerprint density at radius 1 is 1.10 bits per heavy atom. The fraction of sp³-hybridized carbons (Fsp3) is 1.00. The van der Waals surface area contributed by atoms with Crippen LogP contribution >= 0.6 is 0 Å². The fourth-order valence-corrected chi connectivity index (χ4v) is 3.25. The molecule has 3 saturated heterocycles. The Morgan fingerprint density at radius 2 is 1.50 bits per heavy atom. The van der Waals surface area contributed by atoms with Gasteiger partial charge < -0.3 is 13.3 Å². The molecule has 0 N–H and O–H groups in total. The Bertz CT molecular complexity index is 117. The fourth-order valence-electron chi connectivity index (χ4n) is 1.17. The van der Waals surface area contributed by atoms with E-state index < -0.39 is 8.80 Å². The summed E-state index contributed by atoms with van der Waals surface area (Å²) in [6, 6.07) is 0. The van der Waals surface area contributed by atoms with Gasteiger partial charge in [0.25, 0.3) is 0 Å². The SMILES string of the molecule is CC12CO[Si](C)(OC1)OC2. The van der Waals surface area contributed by atoms with Gasteiger partial charge in [-0.25, -0.2) is 0 Å². The molecule has 10 heavy (non-hydrogen) atoms. The van der Waals surface area contributed by atoms with Crippen LogP contribution in [0.1, 0.15) is 6.92 Å². The molecule has 0 radical (unpaired) electrons. The number of fused-ring (bicyclic) bond motifs is 3. The van der Waals surface area contributed by atoms with E-state index in [2.05, 4.69) is 6.92 Å². The third-order valence-electron chi connectivity index (χ3n) is 2.05. The highest BCUT2D eigenvalue weighted by Crippen LogP contribution is 2.34. The average Bonchev–Trinajstić information content (AvgIpc) is 1.93. The summed E-state index contributed by atoms with van der Waals surface area (Å²) in [7, 11) is -2.09. The molecular formula is C6H12O3Si. The van der Waals surface area contributed by atoms with Crippen LogP contribution in [-0.4, -0.2) is 28.6 Å². The first-order valence-electron chi connectivity index (χ1n) is 3.54. The van der Waals surface area contributed by atoms with E-state index in [0.29, 0.717) is 0 Å². The lowest BCUT2D eigenvalue weighted by Gasteiger charge is -2.47. The zero-order chi connectivity index (χ0) is 7.24. The van der Waals surface area contributed by atoms with Crippen LogP contribution in [0.3, 0.4) is 0 Å². The predicted molar refractivity (Wildman–Crippen MR) is 37.6 cm³/mol. The van der Waals surface area contributed by atoms with Gasteiger partial charge in [-0.05, 0) is 0 Å². The van der Waals surface area contributed by atoms with Crippen molar-refractivity contribution >= 4 is 8.80 Å². The zero-order valence-corrected chi connectivity index (χ0v) is 7.35. The van der Waals surface area contributed by atoms with E-state index in [1.54, 1.807) is 0 Å². The summed E-state index contributed by atoms with van der Waals surface area (Å²) in [4.78, 5) is 0. The molecule has 3 rings (SSSR count). The Labute approximate surface area is 61.6 Å². The first-order valence-corrected chi connectivity index (χ1v) is 5.76. The number of hydrogen-bond donors (Lipinski definition) is 0. The third kappa shape index (κ3) is 0.916. The minimum absolute atomic E-state index is 0.130. The van der Waals surface area contributed by atoms with E-state index in [9.17, 15) is 0 Å². The standard InChI is InChI=1S/C6H12O3Si/c1-6-3-7-10(2,8-4-6)9-5-6/h3-5H2,1-2H3. The number of rotatable bonds is 0. The molecule has 3 aliphatic heterocycles. The highest BCUT2D eigenvalue weighted by atomic mass is 28.4. The van der Waals surface area contributed by atoms with Gasteiger partial charge in [-0.2, -0.15) is 0 Å². The first-order chi connectivity index (χ1) is 4.62. The van der Waals surface area contributed by atoms with Crippen molar-refractivity contribution in [2.45, 2.75) is 13.5 Å². The molecule has 3 heterocycles. The van der Waals surface area contributed by atoms with Gasteiger partial charge in [0.2, 0.25) is 0 Å². The highest BCUT2D eigenvalue weighted by molar-refractivity contribution is 6.59. The van der Waals surface area contributed by atoms with Crippen molar-refractivity contribution in [3.05, 3.63) is 0 Å². The van der Waals surface area contributed by atoms with Crippen LogP contribution in [-0.2, 0) is 13.3 Å². The van der Waals surface area contributed by atoms with Crippen molar-refractivity contribution in [3.8, 4) is 0 Å². The van der Waals surface area contributed by atoms with Gasteiger partial charge in [0.15, 0.2) is 0 Å². The molecule has 4 heteroatoms. The van der Waals surface area contributed by atoms with Gasteiger partial charge in [0, 0.05) is 31.8 Å². The summed E-state index contributed by atoms with van der Waals surface area (Å²) in [6.07, 6.45) is 0. The first kappa shape index (κ1) is 6.79. The Balaban J connectivity index is 2.16. The topological polar surface area (TPSA) is 27.7 Å². The second-order valence-corrected chi connectivity index (χ2v) is 6.13. The van der Waals surface area contributed by atoms with Crippen molar-refractivity contribution in [2.75, 3.05) is 19.8 Å². The molecule has 0 amide bonds. The summed E-state index contributed by atoms with van der Waals surface area (Å²) < 4.78 is 16.4. The van der Waals surface area contributed by atoms with E-state index in [-0.39, 0.29) is 5.41 Å². The van der Waals surface area contributed by atoms with Crippen LogP contribution in [0.5, 0.6) is 0 Å². The van der Waals surface area contributed by atoms with Crippen molar-refractivity contribution in [1.29, 1.82) is 0 Å². The molecule has 3 aliphatic rings. The van der Waals surface area contributed by atoms with Crippen LogP contribution in [0.2, 0.25) is 6.55 Å². The Kier molecular flexibility index (Phi) is 1.24. The predicted octanol–water partition coefficient (Wildman–Crippen LogP) is 0.638. The smallest absolute Gasteiger partial charge is 0.373 e. The quantitative estimate of drug-likeness (QED) is 0.487. The highest BCUT2D eigenvalue weighted by Gasteiger charge is 2.50. The van der Waals surface area contributed by atoms with Crippen LogP contribution in [0, 0.1) is 5.41 Å². The second kappa shape index (κ2) is 1.82. The summed E-state index contributed by atoms with van der Waals surface area (Å²) in [5.74, 6) is 0. The van der Waals surface area contributed by atoms with Crippen LogP contribution in [0.25, 0.3) is 0 Å². The van der Waals surface area contributed by atoms with Gasteiger partial charge in [-0.1, -0.05) is 6.92 Å². The van der Waals surface area contributed by atoms with Gasteiger partial charge in [-0.15, -0.1) is 0 Å². The molecule has 0 aliphatic carbocycles. The molecule has 58 valence electrons. The molecule has 3 nitrogen and oxygen atoms in total. The minimum Gasteiger partial charge on any atom is -0.373 e. The molecule has 3 fully saturated rings. The maximum atomic E-state index is 5.46. The summed E-state index contributed by atoms with van der Waals surface area (Å²) >= 11 is 0. The molecule has 2 bridgehead atoms. The van der Waals surface area contributed by atoms with Crippen LogP contribution in [0.15, 0.2) is 0 Å². The summed E-state index contributed by atoms with van der Waals surface area (Å²) in [5.41, 5.74) is 0.130. The molecular weight excluding hydrogens is 148 g/mol. The molecule has 0 unspecified atom stereocenters. The van der Waals surface area contributed by atoms with E-state index in [1.165, 1.54) is 0 Å². The van der Waals surface area contributed by atoms with Crippen molar-refractivity contribution < 1.29 is 13.3 Å². The normalized spacial score (nSPS) is 53.4. The monoisotopic (exact) mass is 160 g/mol. The number of hydrogen-bond acceptors (Lipinski definition) is 3. The molecule has 0 aromatic heterocycles. The summed E-state index contributed by atoms with van der Waals surface area (Å²) in [5, 5.41) is 0. The average molecular weight is 160 g/mol. The lowest BCUT2D eigenvalue weighted by Crippen LogP contribution is -2.61. The summed E-state index contributed by atoms with van der Waals surface area (Å²) in [6.45, 7) is 6.52. The van der Waals surface area contributed by atoms with Crippen molar-refractivity contribution in [2.24, 2.45) is 5.41 Å². The van der Waals surface area contributed by atoms with Crippen molar-refractivity contribution in [1.82, 2.24) is 0 Å². The molecule has 0 saturated carbocycles. The largest absolute Gasteiger partial charge is 0.497 e. The Morgan fingerprint density at radius 3 is 1.80 bits per heavy atom. The van der Waals surface area contributed by atoms with Crippen LogP contribution in [0.4, 0.5) is 0 Å². The van der Waals surface area contributed by atoms with Crippen LogP contribution < -0.4 is 0 Å². The Hall–Kier alpha value is 0.0969. The van der Waals surface area contributed by atoms with Gasteiger partial charge in [0.05, 0.1) is 0 Å². The maximum Gasteiger partial charge on any atom is 0.497 e. The molecule has 0 atom stereocenters.